The van der Waals surface area contributed by atoms with Gasteiger partial charge in [-0.3, -0.25) is 33.5 Å². The molecule has 2 rings (SSSR count). The highest BCUT2D eigenvalue weighted by molar-refractivity contribution is 5.84. The van der Waals surface area contributed by atoms with E-state index in [0.29, 0.717) is 0 Å². The predicted octanol–water partition coefficient (Wildman–Crippen LogP) is -3.23. The van der Waals surface area contributed by atoms with E-state index in [-0.39, 0.29) is 68.9 Å². The number of nitrogens with zero attached hydrogens (tertiary/aromatic N) is 1. The number of H-pyrrole nitrogens is 1. The molecular weight excluding hydrogens is 440 g/mol. The van der Waals surface area contributed by atoms with Gasteiger partial charge in [-0.05, 0) is 6.92 Å². The van der Waals surface area contributed by atoms with Crippen molar-refractivity contribution in [2.75, 3.05) is 19.7 Å². The van der Waals surface area contributed by atoms with Crippen molar-refractivity contribution < 1.29 is 44.9 Å². The minimum absolute atomic E-state index is 0.00125. The van der Waals surface area contributed by atoms with Crippen LogP contribution < -0.4 is 22.7 Å². The molecule has 0 bridgehead atoms. The number of aromatic nitrogens is 2. The van der Waals surface area contributed by atoms with Gasteiger partial charge in [0.1, 0.15) is 38.1 Å². The van der Waals surface area contributed by atoms with E-state index in [2.05, 4.69) is 16.5 Å². The van der Waals surface area contributed by atoms with E-state index in [4.69, 9.17) is 14.2 Å². The average Bonchev–Trinajstić information content (AvgIpc) is 3.18. The number of carbonyl (C=O) groups is 4. The van der Waals surface area contributed by atoms with Crippen LogP contribution in [0, 0.1) is 6.92 Å². The molecule has 1 aliphatic heterocycles. The second kappa shape index (κ2) is 12.2. The lowest BCUT2D eigenvalue weighted by Gasteiger charge is -2.19. The number of hydrogen-bond acceptors (Lipinski definition) is 9. The van der Waals surface area contributed by atoms with E-state index in [1.165, 1.54) is 17.7 Å². The molecule has 1 saturated heterocycles. The summed E-state index contributed by atoms with van der Waals surface area (Å²) in [5.41, 5.74) is 5.96. The number of aromatic amines is 1. The van der Waals surface area contributed by atoms with Crippen LogP contribution in [0.1, 0.15) is 43.9 Å². The van der Waals surface area contributed by atoms with Crippen LogP contribution in [0.15, 0.2) is 15.8 Å². The van der Waals surface area contributed by atoms with Gasteiger partial charge >= 0.3 is 17.6 Å². The molecule has 1 aromatic rings. The van der Waals surface area contributed by atoms with Crippen molar-refractivity contribution in [3.05, 3.63) is 32.6 Å². The molecule has 0 aliphatic carbocycles. The van der Waals surface area contributed by atoms with Gasteiger partial charge < -0.3 is 25.7 Å². The fourth-order valence-corrected chi connectivity index (χ4v) is 3.15. The van der Waals surface area contributed by atoms with Crippen molar-refractivity contribution in [3.8, 4) is 0 Å². The summed E-state index contributed by atoms with van der Waals surface area (Å²) in [5.74, 6) is -1.65. The molecule has 0 aromatic carbocycles. The van der Waals surface area contributed by atoms with Gasteiger partial charge in [0.25, 0.3) is 5.56 Å². The van der Waals surface area contributed by atoms with E-state index >= 15 is 0 Å². The molecule has 3 atom stereocenters. The first-order chi connectivity index (χ1) is 15.6. The Morgan fingerprint density at radius 3 is 2.27 bits per heavy atom. The molecule has 1 fully saturated rings. The lowest BCUT2D eigenvalue weighted by atomic mass is 10.1. The highest BCUT2D eigenvalue weighted by Crippen LogP contribution is 2.30. The number of rotatable bonds is 12. The van der Waals surface area contributed by atoms with E-state index < -0.39 is 41.6 Å². The van der Waals surface area contributed by atoms with Crippen molar-refractivity contribution in [1.82, 2.24) is 9.55 Å². The van der Waals surface area contributed by atoms with Crippen molar-refractivity contribution in [2.45, 2.75) is 57.5 Å². The van der Waals surface area contributed by atoms with Crippen molar-refractivity contribution in [2.24, 2.45) is 0 Å². The first-order valence-corrected chi connectivity index (χ1v) is 10.6. The zero-order valence-electron chi connectivity index (χ0n) is 18.5. The highest BCUT2D eigenvalue weighted by atomic mass is 16.6. The second-order valence-corrected chi connectivity index (χ2v) is 7.63. The zero-order chi connectivity index (χ0) is 24.5. The number of nitrogens with one attached hydrogen (secondary N) is 1. The van der Waals surface area contributed by atoms with Crippen LogP contribution in [0.25, 0.3) is 0 Å². The summed E-state index contributed by atoms with van der Waals surface area (Å²) in [6, 6.07) is 0. The molecule has 0 amide bonds. The summed E-state index contributed by atoms with van der Waals surface area (Å²) in [4.78, 5) is 72.9. The Labute approximate surface area is 188 Å². The first-order valence-electron chi connectivity index (χ1n) is 10.6. The summed E-state index contributed by atoms with van der Waals surface area (Å²) >= 11 is 0. The first kappa shape index (κ1) is 26.1. The summed E-state index contributed by atoms with van der Waals surface area (Å²) in [6.07, 6.45) is -1.55. The van der Waals surface area contributed by atoms with Crippen LogP contribution >= 0.6 is 0 Å². The Kier molecular flexibility index (Phi) is 9.63. The van der Waals surface area contributed by atoms with Crippen LogP contribution in [-0.2, 0) is 33.4 Å². The Morgan fingerprint density at radius 2 is 1.67 bits per heavy atom. The molecule has 0 saturated carbocycles. The quantitative estimate of drug-likeness (QED) is 0.262. The Bertz CT molecular complexity index is 1000. The van der Waals surface area contributed by atoms with Crippen LogP contribution in [0.3, 0.4) is 0 Å². The number of quaternary nitrogens is 2. The molecule has 0 unspecified atom stereocenters. The largest absolute Gasteiger partial charge is 0.463 e. The fourth-order valence-electron chi connectivity index (χ4n) is 3.15. The maximum absolute atomic E-state index is 12.2. The molecule has 13 nitrogen and oxygen atoms in total. The molecule has 0 radical (unpaired) electrons. The van der Waals surface area contributed by atoms with E-state index in [0.717, 1.165) is 0 Å². The van der Waals surface area contributed by atoms with Crippen LogP contribution in [0.5, 0.6) is 0 Å². The summed E-state index contributed by atoms with van der Waals surface area (Å²) < 4.78 is 17.6. The maximum atomic E-state index is 12.2. The summed E-state index contributed by atoms with van der Waals surface area (Å²) in [6.45, 7) is 1.38. The van der Waals surface area contributed by atoms with Gasteiger partial charge in [-0.15, -0.1) is 0 Å². The topological polar surface area (TPSA) is 206 Å². The van der Waals surface area contributed by atoms with Crippen LogP contribution in [-0.4, -0.2) is 65.0 Å². The third-order valence-corrected chi connectivity index (χ3v) is 5.10. The third kappa shape index (κ3) is 7.73. The molecular formula is C20H30N4O9+2. The Balaban J connectivity index is 2.09. The van der Waals surface area contributed by atoms with Gasteiger partial charge in [0, 0.05) is 31.0 Å². The number of aryl methyl sites for hydroxylation is 1. The minimum Gasteiger partial charge on any atom is -0.463 e. The van der Waals surface area contributed by atoms with Gasteiger partial charge in [-0.1, -0.05) is 0 Å². The molecule has 13 heteroatoms. The van der Waals surface area contributed by atoms with E-state index in [1.807, 2.05) is 0 Å². The SMILES string of the molecule is Cc1cn([C@H]2C[C@H](OC(=O)CCC(=O)C[NH3+])[C@@H](COC(=O)CCC(=O)C[NH3+])O2)c(=O)[nH]c1=O. The van der Waals surface area contributed by atoms with Crippen molar-refractivity contribution in [1.29, 1.82) is 0 Å². The highest BCUT2D eigenvalue weighted by Gasteiger charge is 2.40. The Morgan fingerprint density at radius 1 is 1.06 bits per heavy atom. The lowest BCUT2D eigenvalue weighted by molar-refractivity contribution is -0.354. The number of ether oxygens (including phenoxy) is 3. The Hall–Kier alpha value is -3.16. The fraction of sp³-hybridized carbons (Fsp3) is 0.600. The molecule has 182 valence electrons. The predicted molar refractivity (Wildman–Crippen MR) is 109 cm³/mol. The minimum atomic E-state index is -0.894. The molecule has 2 heterocycles. The van der Waals surface area contributed by atoms with Crippen molar-refractivity contribution >= 4 is 23.5 Å². The number of esters is 2. The van der Waals surface area contributed by atoms with E-state index in [1.54, 1.807) is 0 Å². The lowest BCUT2D eigenvalue weighted by Crippen LogP contribution is -2.54. The number of ketones is 2. The number of Topliss-reactive ketones (excluding diaryl/α,β-unsaturated/α-hetero) is 2. The molecule has 33 heavy (non-hydrogen) atoms. The van der Waals surface area contributed by atoms with Crippen LogP contribution in [0.2, 0.25) is 0 Å². The summed E-state index contributed by atoms with van der Waals surface area (Å²) in [7, 11) is 0. The monoisotopic (exact) mass is 470 g/mol. The van der Waals surface area contributed by atoms with Crippen molar-refractivity contribution in [3.63, 3.8) is 0 Å². The molecule has 1 aromatic heterocycles. The van der Waals surface area contributed by atoms with Gasteiger partial charge in [-0.25, -0.2) is 4.79 Å². The standard InChI is InChI=1S/C20H28N4O9/c1-11-9-24(20(30)23-19(11)29)16-6-14(33-18(28)5-3-13(26)8-22)15(32-16)10-31-17(27)4-2-12(25)7-21/h9,14-16H,2-8,10,21-22H2,1H3,(H,23,29,30)/p+2/t14-,15+,16+/m0/s1. The van der Waals surface area contributed by atoms with Gasteiger partial charge in [-0.2, -0.15) is 0 Å². The molecule has 0 spiro atoms. The molecule has 1 aliphatic rings. The third-order valence-electron chi connectivity index (χ3n) is 5.10. The van der Waals surface area contributed by atoms with E-state index in [9.17, 15) is 28.8 Å². The normalized spacial score (nSPS) is 19.8. The van der Waals surface area contributed by atoms with Gasteiger partial charge in [0.05, 0.1) is 12.8 Å². The summed E-state index contributed by atoms with van der Waals surface area (Å²) in [5, 5.41) is 0. The van der Waals surface area contributed by atoms with Crippen LogP contribution in [0.4, 0.5) is 0 Å². The van der Waals surface area contributed by atoms with Gasteiger partial charge in [0.15, 0.2) is 11.6 Å². The second-order valence-electron chi connectivity index (χ2n) is 7.63. The molecule has 7 N–H and O–H groups in total. The number of hydrogen-bond donors (Lipinski definition) is 3. The smallest absolute Gasteiger partial charge is 0.330 e. The number of carbonyl (C=O) groups excluding carboxylic acids is 4. The maximum Gasteiger partial charge on any atom is 0.330 e. The average molecular weight is 470 g/mol. The zero-order valence-corrected chi connectivity index (χ0v) is 18.5. The van der Waals surface area contributed by atoms with Gasteiger partial charge in [0.2, 0.25) is 0 Å².